The molecule has 1 amide bonds. The molecule has 0 atom stereocenters. The summed E-state index contributed by atoms with van der Waals surface area (Å²) in [7, 11) is 1.52. The van der Waals surface area contributed by atoms with Crippen molar-refractivity contribution in [1.82, 2.24) is 10.2 Å². The summed E-state index contributed by atoms with van der Waals surface area (Å²) >= 11 is 7.39. The maximum absolute atomic E-state index is 11.8. The second kappa shape index (κ2) is 7.77. The van der Waals surface area contributed by atoms with Crippen molar-refractivity contribution in [2.75, 3.05) is 19.0 Å². The molecule has 1 N–H and O–H groups in total. The molecule has 0 aliphatic rings. The van der Waals surface area contributed by atoms with Gasteiger partial charge in [0, 0.05) is 6.08 Å². The van der Waals surface area contributed by atoms with E-state index in [9.17, 15) is 4.79 Å². The number of ether oxygens (including phenoxy) is 2. The molecule has 0 unspecified atom stereocenters. The fourth-order valence-corrected chi connectivity index (χ4v) is 2.44. The lowest BCUT2D eigenvalue weighted by molar-refractivity contribution is -0.111. The maximum Gasteiger partial charge on any atom is 0.250 e. The second-order valence-corrected chi connectivity index (χ2v) is 5.27. The number of halogens is 1. The van der Waals surface area contributed by atoms with Gasteiger partial charge in [-0.25, -0.2) is 0 Å². The number of benzene rings is 1. The highest BCUT2D eigenvalue weighted by molar-refractivity contribution is 7.13. The number of hydrogen-bond donors (Lipinski definition) is 1. The maximum atomic E-state index is 11.8. The zero-order valence-electron chi connectivity index (χ0n) is 12.0. The number of nitrogens with one attached hydrogen (secondary N) is 1. The molecule has 2 rings (SSSR count). The van der Waals surface area contributed by atoms with Gasteiger partial charge in [0.25, 0.3) is 0 Å². The van der Waals surface area contributed by atoms with E-state index in [4.69, 9.17) is 21.1 Å². The zero-order valence-corrected chi connectivity index (χ0v) is 13.6. The molecule has 0 bridgehead atoms. The lowest BCUT2D eigenvalue weighted by Gasteiger charge is -2.11. The summed E-state index contributed by atoms with van der Waals surface area (Å²) < 4.78 is 10.7. The average Bonchev–Trinajstić information content (AvgIpc) is 2.98. The predicted molar refractivity (Wildman–Crippen MR) is 86.7 cm³/mol. The Balaban J connectivity index is 2.14. The average molecular weight is 340 g/mol. The van der Waals surface area contributed by atoms with Crippen molar-refractivity contribution in [3.63, 3.8) is 0 Å². The minimum absolute atomic E-state index is 0.304. The van der Waals surface area contributed by atoms with Crippen LogP contribution < -0.4 is 14.8 Å². The fourth-order valence-electron chi connectivity index (χ4n) is 1.69. The van der Waals surface area contributed by atoms with Crippen LogP contribution in [-0.4, -0.2) is 29.8 Å². The molecule has 22 heavy (non-hydrogen) atoms. The largest absolute Gasteiger partial charge is 0.491 e. The van der Waals surface area contributed by atoms with Crippen LogP contribution in [0.3, 0.4) is 0 Å². The zero-order chi connectivity index (χ0) is 15.9. The van der Waals surface area contributed by atoms with Gasteiger partial charge in [-0.3, -0.25) is 10.1 Å². The topological polar surface area (TPSA) is 73.3 Å². The van der Waals surface area contributed by atoms with E-state index in [1.165, 1.54) is 30.0 Å². The molecule has 0 aliphatic carbocycles. The first-order valence-electron chi connectivity index (χ1n) is 6.39. The van der Waals surface area contributed by atoms with Crippen molar-refractivity contribution in [2.45, 2.75) is 6.92 Å². The molecule has 0 spiro atoms. The third kappa shape index (κ3) is 4.19. The van der Waals surface area contributed by atoms with Crippen molar-refractivity contribution >= 4 is 40.1 Å². The molecule has 0 saturated heterocycles. The summed E-state index contributed by atoms with van der Waals surface area (Å²) in [5.41, 5.74) is 2.26. The second-order valence-electron chi connectivity index (χ2n) is 4.03. The van der Waals surface area contributed by atoms with Crippen LogP contribution in [0.1, 0.15) is 12.5 Å². The lowest BCUT2D eigenvalue weighted by Crippen LogP contribution is -2.07. The number of amides is 1. The third-order valence-electron chi connectivity index (χ3n) is 2.55. The highest BCUT2D eigenvalue weighted by atomic mass is 35.5. The van der Waals surface area contributed by atoms with Crippen LogP contribution in [0.4, 0.5) is 5.13 Å². The van der Waals surface area contributed by atoms with Crippen LogP contribution >= 0.6 is 22.9 Å². The molecule has 1 heterocycles. The van der Waals surface area contributed by atoms with Gasteiger partial charge >= 0.3 is 0 Å². The lowest BCUT2D eigenvalue weighted by atomic mass is 10.2. The Kier molecular flexibility index (Phi) is 5.74. The molecule has 0 fully saturated rings. The Bertz CT molecular complexity index is 674. The van der Waals surface area contributed by atoms with Gasteiger partial charge in [-0.05, 0) is 30.7 Å². The quantitative estimate of drug-likeness (QED) is 0.818. The fraction of sp³-hybridized carbons (Fsp3) is 0.214. The number of hydrogen-bond acceptors (Lipinski definition) is 6. The normalized spacial score (nSPS) is 10.7. The van der Waals surface area contributed by atoms with Crippen LogP contribution in [0.25, 0.3) is 6.08 Å². The van der Waals surface area contributed by atoms with Crippen molar-refractivity contribution in [3.05, 3.63) is 34.3 Å². The first kappa shape index (κ1) is 16.3. The minimum atomic E-state index is -0.304. The number of nitrogens with zero attached hydrogens (tertiary/aromatic N) is 2. The molecule has 0 saturated carbocycles. The van der Waals surface area contributed by atoms with Gasteiger partial charge in [0.15, 0.2) is 11.5 Å². The first-order valence-corrected chi connectivity index (χ1v) is 7.65. The van der Waals surface area contributed by atoms with Crippen molar-refractivity contribution < 1.29 is 14.3 Å². The number of carbonyl (C=O) groups is 1. The number of methoxy groups -OCH3 is 1. The highest BCUT2D eigenvalue weighted by Crippen LogP contribution is 2.36. The molecule has 116 valence electrons. The van der Waals surface area contributed by atoms with E-state index >= 15 is 0 Å². The molecule has 1 aromatic carbocycles. The Hall–Kier alpha value is -2.12. The Labute approximate surface area is 136 Å². The summed E-state index contributed by atoms with van der Waals surface area (Å²) in [6, 6.07) is 3.45. The standard InChI is InChI=1S/C14H14ClN3O3S/c1-3-21-11-7-9(6-10(15)13(11)20-2)4-5-12(19)17-14-18-16-8-22-14/h4-8H,3H2,1-2H3,(H,17,18,19)/b5-4+. The molecular formula is C14H14ClN3O3S. The van der Waals surface area contributed by atoms with Gasteiger partial charge in [0.2, 0.25) is 11.0 Å². The van der Waals surface area contributed by atoms with Gasteiger partial charge in [-0.1, -0.05) is 22.9 Å². The van der Waals surface area contributed by atoms with E-state index in [1.54, 1.807) is 18.2 Å². The van der Waals surface area contributed by atoms with Crippen LogP contribution in [0.2, 0.25) is 5.02 Å². The Morgan fingerprint density at radius 3 is 2.95 bits per heavy atom. The van der Waals surface area contributed by atoms with Crippen LogP contribution in [0, 0.1) is 0 Å². The molecule has 0 aliphatic heterocycles. The van der Waals surface area contributed by atoms with E-state index in [0.29, 0.717) is 28.3 Å². The van der Waals surface area contributed by atoms with Gasteiger partial charge in [0.1, 0.15) is 5.51 Å². The van der Waals surface area contributed by atoms with E-state index in [2.05, 4.69) is 15.5 Å². The molecule has 1 aromatic heterocycles. The van der Waals surface area contributed by atoms with Crippen LogP contribution in [0.5, 0.6) is 11.5 Å². The summed E-state index contributed by atoms with van der Waals surface area (Å²) in [4.78, 5) is 11.8. The summed E-state index contributed by atoms with van der Waals surface area (Å²) in [5, 5.41) is 10.8. The van der Waals surface area contributed by atoms with Crippen molar-refractivity contribution in [1.29, 1.82) is 0 Å². The molecule has 2 aromatic rings. The summed E-state index contributed by atoms with van der Waals surface area (Å²) in [6.45, 7) is 2.35. The summed E-state index contributed by atoms with van der Waals surface area (Å²) in [5.74, 6) is 0.697. The Morgan fingerprint density at radius 2 is 2.32 bits per heavy atom. The van der Waals surface area contributed by atoms with Crippen molar-refractivity contribution in [2.24, 2.45) is 0 Å². The smallest absolute Gasteiger partial charge is 0.250 e. The molecule has 0 radical (unpaired) electrons. The van der Waals surface area contributed by atoms with Crippen LogP contribution in [0.15, 0.2) is 23.7 Å². The molecule has 8 heteroatoms. The number of rotatable bonds is 6. The minimum Gasteiger partial charge on any atom is -0.491 e. The van der Waals surface area contributed by atoms with Crippen LogP contribution in [-0.2, 0) is 4.79 Å². The molecular weight excluding hydrogens is 326 g/mol. The van der Waals surface area contributed by atoms with E-state index < -0.39 is 0 Å². The number of carbonyl (C=O) groups excluding carboxylic acids is 1. The van der Waals surface area contributed by atoms with Gasteiger partial charge in [-0.2, -0.15) is 0 Å². The van der Waals surface area contributed by atoms with Crippen molar-refractivity contribution in [3.8, 4) is 11.5 Å². The predicted octanol–water partition coefficient (Wildman–Crippen LogP) is 3.25. The SMILES string of the molecule is CCOc1cc(/C=C/C(=O)Nc2nncs2)cc(Cl)c1OC. The number of aromatic nitrogens is 2. The van der Waals surface area contributed by atoms with Gasteiger partial charge in [-0.15, -0.1) is 10.2 Å². The Morgan fingerprint density at radius 1 is 1.50 bits per heavy atom. The van der Waals surface area contributed by atoms with E-state index in [1.807, 2.05) is 6.92 Å². The first-order chi connectivity index (χ1) is 10.6. The monoisotopic (exact) mass is 339 g/mol. The van der Waals surface area contributed by atoms with E-state index in [-0.39, 0.29) is 5.91 Å². The van der Waals surface area contributed by atoms with Gasteiger partial charge < -0.3 is 9.47 Å². The number of anilines is 1. The highest BCUT2D eigenvalue weighted by Gasteiger charge is 2.10. The van der Waals surface area contributed by atoms with E-state index in [0.717, 1.165) is 5.56 Å². The molecule has 6 nitrogen and oxygen atoms in total. The van der Waals surface area contributed by atoms with Gasteiger partial charge in [0.05, 0.1) is 18.7 Å². The third-order valence-corrected chi connectivity index (χ3v) is 3.44. The summed E-state index contributed by atoms with van der Waals surface area (Å²) in [6.07, 6.45) is 3.01.